The van der Waals surface area contributed by atoms with Crippen LogP contribution in [-0.4, -0.2) is 50.9 Å². The van der Waals surface area contributed by atoms with Crippen molar-refractivity contribution in [1.82, 2.24) is 10.2 Å². The normalized spacial score (nSPS) is 34.8. The van der Waals surface area contributed by atoms with Crippen molar-refractivity contribution in [1.29, 1.82) is 0 Å². The predicted octanol–water partition coefficient (Wildman–Crippen LogP) is 3.92. The number of rotatable bonds is 3. The third-order valence-electron chi connectivity index (χ3n) is 7.37. The van der Waals surface area contributed by atoms with Crippen LogP contribution >= 0.6 is 0 Å². The Balaban J connectivity index is 1.54. The van der Waals surface area contributed by atoms with E-state index in [1.54, 1.807) is 0 Å². The van der Waals surface area contributed by atoms with Gasteiger partial charge in [0.1, 0.15) is 0 Å². The lowest BCUT2D eigenvalue weighted by atomic mass is 9.79. The molecule has 1 saturated carbocycles. The van der Waals surface area contributed by atoms with E-state index < -0.39 is 8.32 Å². The summed E-state index contributed by atoms with van der Waals surface area (Å²) in [7, 11) is -1.68. The van der Waals surface area contributed by atoms with Crippen molar-refractivity contribution < 1.29 is 9.22 Å². The van der Waals surface area contributed by atoms with Gasteiger partial charge in [-0.3, -0.25) is 4.79 Å². The second-order valence-electron chi connectivity index (χ2n) is 10.1. The van der Waals surface area contributed by atoms with Crippen LogP contribution in [0.5, 0.6) is 0 Å². The van der Waals surface area contributed by atoms with Crippen molar-refractivity contribution in [2.24, 2.45) is 5.41 Å². The topological polar surface area (TPSA) is 41.6 Å². The minimum absolute atomic E-state index is 0.0766. The number of carbonyl (C=O) groups is 1. The molecule has 0 aromatic carbocycles. The van der Waals surface area contributed by atoms with Gasteiger partial charge < -0.3 is 14.6 Å². The lowest BCUT2D eigenvalue weighted by Gasteiger charge is -2.42. The summed E-state index contributed by atoms with van der Waals surface area (Å²) < 4.78 is 6.62. The first-order valence-electron chi connectivity index (χ1n) is 10.3. The largest absolute Gasteiger partial charge is 0.414 e. The molecule has 1 spiro atoms. The Morgan fingerprint density at radius 2 is 1.84 bits per heavy atom. The van der Waals surface area contributed by atoms with Crippen molar-refractivity contribution in [2.75, 3.05) is 19.6 Å². The van der Waals surface area contributed by atoms with Gasteiger partial charge in [0.25, 0.3) is 0 Å². The Labute approximate surface area is 155 Å². The molecule has 1 aliphatic carbocycles. The molecule has 4 nitrogen and oxygen atoms in total. The molecule has 25 heavy (non-hydrogen) atoms. The second kappa shape index (κ2) is 6.97. The molecule has 1 amide bonds. The number of hydrogen-bond acceptors (Lipinski definition) is 3. The molecule has 2 aliphatic heterocycles. The molecule has 1 unspecified atom stereocenters. The van der Waals surface area contributed by atoms with Crippen LogP contribution in [0, 0.1) is 5.41 Å². The first-order valence-corrected chi connectivity index (χ1v) is 13.3. The van der Waals surface area contributed by atoms with Crippen LogP contribution in [0.4, 0.5) is 0 Å². The third-order valence-corrected chi connectivity index (χ3v) is 11.9. The van der Waals surface area contributed by atoms with Gasteiger partial charge in [0.2, 0.25) is 5.91 Å². The van der Waals surface area contributed by atoms with Crippen LogP contribution in [0.15, 0.2) is 0 Å². The number of amides is 1. The number of nitrogens with zero attached hydrogens (tertiary/aromatic N) is 1. The quantitative estimate of drug-likeness (QED) is 0.770. The fourth-order valence-corrected chi connectivity index (χ4v) is 6.05. The van der Waals surface area contributed by atoms with Gasteiger partial charge >= 0.3 is 0 Å². The number of carbonyl (C=O) groups excluding carboxylic acids is 1. The first kappa shape index (κ1) is 19.4. The van der Waals surface area contributed by atoms with E-state index >= 15 is 0 Å². The zero-order chi connectivity index (χ0) is 18.3. The summed E-state index contributed by atoms with van der Waals surface area (Å²) >= 11 is 0. The molecule has 144 valence electrons. The summed E-state index contributed by atoms with van der Waals surface area (Å²) in [6.07, 6.45) is 8.16. The molecule has 2 heterocycles. The summed E-state index contributed by atoms with van der Waals surface area (Å²) in [5, 5.41) is 3.73. The van der Waals surface area contributed by atoms with Crippen LogP contribution in [-0.2, 0) is 9.22 Å². The summed E-state index contributed by atoms with van der Waals surface area (Å²) in [4.78, 5) is 15.3. The average Bonchev–Trinajstić information content (AvgIpc) is 2.84. The molecule has 2 saturated heterocycles. The Hall–Kier alpha value is -0.393. The van der Waals surface area contributed by atoms with Crippen molar-refractivity contribution >= 4 is 14.2 Å². The summed E-state index contributed by atoms with van der Waals surface area (Å²) in [6, 6.07) is 0.452. The van der Waals surface area contributed by atoms with Gasteiger partial charge in [-0.25, -0.2) is 0 Å². The summed E-state index contributed by atoms with van der Waals surface area (Å²) in [6.45, 7) is 14.6. The van der Waals surface area contributed by atoms with Crippen molar-refractivity contribution in [3.8, 4) is 0 Å². The van der Waals surface area contributed by atoms with E-state index in [4.69, 9.17) is 4.43 Å². The summed E-state index contributed by atoms with van der Waals surface area (Å²) in [5.74, 6) is 0.438. The molecule has 1 N–H and O–H groups in total. The third kappa shape index (κ3) is 3.84. The molecule has 3 fully saturated rings. The van der Waals surface area contributed by atoms with Gasteiger partial charge in [-0.1, -0.05) is 20.8 Å². The maximum absolute atomic E-state index is 13.1. The van der Waals surface area contributed by atoms with E-state index in [-0.39, 0.29) is 10.5 Å². The Morgan fingerprint density at radius 1 is 1.16 bits per heavy atom. The zero-order valence-electron chi connectivity index (χ0n) is 17.0. The van der Waals surface area contributed by atoms with E-state index in [0.29, 0.717) is 18.1 Å². The maximum Gasteiger partial charge on any atom is 0.230 e. The number of likely N-dealkylation sites (tertiary alicyclic amines) is 1. The van der Waals surface area contributed by atoms with Gasteiger partial charge in [-0.05, 0) is 69.6 Å². The van der Waals surface area contributed by atoms with Gasteiger partial charge in [-0.2, -0.15) is 0 Å². The highest BCUT2D eigenvalue weighted by Crippen LogP contribution is 2.42. The SMILES string of the molecule is CC(C)(C)[Si](C)(C)OC1CCC(N2CCC3(CCCNC3)C2=O)CC1. The van der Waals surface area contributed by atoms with Crippen LogP contribution in [0.2, 0.25) is 18.1 Å². The van der Waals surface area contributed by atoms with Crippen molar-refractivity contribution in [3.63, 3.8) is 0 Å². The maximum atomic E-state index is 13.1. The lowest BCUT2D eigenvalue weighted by Crippen LogP contribution is -2.49. The smallest absolute Gasteiger partial charge is 0.230 e. The Morgan fingerprint density at radius 3 is 2.40 bits per heavy atom. The van der Waals surface area contributed by atoms with Crippen LogP contribution < -0.4 is 5.32 Å². The predicted molar refractivity (Wildman–Crippen MR) is 105 cm³/mol. The van der Waals surface area contributed by atoms with Gasteiger partial charge in [0.05, 0.1) is 5.41 Å². The van der Waals surface area contributed by atoms with E-state index in [9.17, 15) is 4.79 Å². The number of piperidine rings is 1. The van der Waals surface area contributed by atoms with E-state index in [0.717, 1.165) is 64.6 Å². The summed E-state index contributed by atoms with van der Waals surface area (Å²) in [5.41, 5.74) is -0.0766. The Bertz CT molecular complexity index is 486. The number of hydrogen-bond donors (Lipinski definition) is 1. The molecule has 1 atom stereocenters. The van der Waals surface area contributed by atoms with Gasteiger partial charge in [0.15, 0.2) is 8.32 Å². The van der Waals surface area contributed by atoms with Gasteiger partial charge in [0, 0.05) is 25.2 Å². The van der Waals surface area contributed by atoms with Gasteiger partial charge in [-0.15, -0.1) is 0 Å². The molecule has 3 aliphatic rings. The average molecular weight is 367 g/mol. The molecule has 0 aromatic heterocycles. The highest BCUT2D eigenvalue weighted by molar-refractivity contribution is 6.74. The molecule has 0 radical (unpaired) electrons. The van der Waals surface area contributed by atoms with E-state index in [1.165, 1.54) is 0 Å². The fraction of sp³-hybridized carbons (Fsp3) is 0.950. The minimum atomic E-state index is -1.68. The molecule has 0 bridgehead atoms. The van der Waals surface area contributed by atoms with Crippen molar-refractivity contribution in [2.45, 2.75) is 96.0 Å². The standard InChI is InChI=1S/C20H38N2O2Si/c1-19(2,3)25(4,5)24-17-9-7-16(8-10-17)22-14-12-20(18(22)23)11-6-13-21-15-20/h16-17,21H,6-15H2,1-5H3. The second-order valence-corrected chi connectivity index (χ2v) is 14.9. The molecule has 0 aromatic rings. The minimum Gasteiger partial charge on any atom is -0.414 e. The molecule has 3 rings (SSSR count). The van der Waals surface area contributed by atoms with E-state index in [1.807, 2.05) is 0 Å². The lowest BCUT2D eigenvalue weighted by molar-refractivity contribution is -0.139. The highest BCUT2D eigenvalue weighted by atomic mass is 28.4. The van der Waals surface area contributed by atoms with E-state index in [2.05, 4.69) is 44.1 Å². The zero-order valence-corrected chi connectivity index (χ0v) is 18.0. The highest BCUT2D eigenvalue weighted by Gasteiger charge is 2.49. The van der Waals surface area contributed by atoms with Crippen LogP contribution in [0.25, 0.3) is 0 Å². The molecule has 5 heteroatoms. The first-order chi connectivity index (χ1) is 11.6. The monoisotopic (exact) mass is 366 g/mol. The van der Waals surface area contributed by atoms with Crippen molar-refractivity contribution in [3.05, 3.63) is 0 Å². The number of nitrogens with one attached hydrogen (secondary N) is 1. The fourth-order valence-electron chi connectivity index (χ4n) is 4.63. The molecular weight excluding hydrogens is 328 g/mol. The van der Waals surface area contributed by atoms with Crippen LogP contribution in [0.1, 0.15) is 65.7 Å². The van der Waals surface area contributed by atoms with Crippen LogP contribution in [0.3, 0.4) is 0 Å². The Kier molecular flexibility index (Phi) is 5.40. The molecular formula is C20H38N2O2Si.